The molecule has 0 N–H and O–H groups in total. The molecule has 0 fully saturated rings. The molecule has 0 spiro atoms. The van der Waals surface area contributed by atoms with Gasteiger partial charge in [0.05, 0.1) is 16.9 Å². The van der Waals surface area contributed by atoms with Crippen LogP contribution in [-0.2, 0) is 0 Å². The zero-order valence-electron chi connectivity index (χ0n) is 9.03. The third-order valence-corrected chi connectivity index (χ3v) is 2.32. The Kier molecular flexibility index (Phi) is 2.45. The molecule has 0 atom stereocenters. The number of hydrogen-bond acceptors (Lipinski definition) is 2. The number of benzene rings is 1. The highest BCUT2D eigenvalue weighted by Gasteiger charge is 2.09. The second kappa shape index (κ2) is 3.78. The molecular weight excluding hydrogens is 205 g/mol. The molecule has 2 aromatic rings. The van der Waals surface area contributed by atoms with E-state index in [4.69, 9.17) is 5.26 Å². The van der Waals surface area contributed by atoms with Crippen molar-refractivity contribution < 1.29 is 4.39 Å². The summed E-state index contributed by atoms with van der Waals surface area (Å²) >= 11 is 0. The van der Waals surface area contributed by atoms with Gasteiger partial charge in [0.2, 0.25) is 0 Å². The van der Waals surface area contributed by atoms with Crippen LogP contribution in [0.5, 0.6) is 0 Å². The summed E-state index contributed by atoms with van der Waals surface area (Å²) < 4.78 is 14.6. The van der Waals surface area contributed by atoms with Crippen LogP contribution in [0.1, 0.15) is 17.0 Å². The summed E-state index contributed by atoms with van der Waals surface area (Å²) in [4.78, 5) is 0. The lowest BCUT2D eigenvalue weighted by molar-refractivity contribution is 0.626. The molecule has 2 rings (SSSR count). The Balaban J connectivity index is 2.65. The molecular formula is C12H10FN3. The summed E-state index contributed by atoms with van der Waals surface area (Å²) in [6.45, 7) is 3.77. The van der Waals surface area contributed by atoms with Crippen molar-refractivity contribution >= 4 is 0 Å². The molecule has 1 aromatic heterocycles. The van der Waals surface area contributed by atoms with E-state index in [1.165, 1.54) is 12.1 Å². The quantitative estimate of drug-likeness (QED) is 0.733. The van der Waals surface area contributed by atoms with Crippen LogP contribution in [0.25, 0.3) is 5.69 Å². The maximum absolute atomic E-state index is 13.0. The van der Waals surface area contributed by atoms with Gasteiger partial charge in [-0.1, -0.05) is 0 Å². The minimum Gasteiger partial charge on any atom is -0.237 e. The summed E-state index contributed by atoms with van der Waals surface area (Å²) in [7, 11) is 0. The number of rotatable bonds is 1. The van der Waals surface area contributed by atoms with Crippen LogP contribution in [0, 0.1) is 31.0 Å². The zero-order valence-corrected chi connectivity index (χ0v) is 9.03. The van der Waals surface area contributed by atoms with Gasteiger partial charge in [-0.05, 0) is 38.1 Å². The molecule has 1 aromatic carbocycles. The van der Waals surface area contributed by atoms with Crippen molar-refractivity contribution in [3.8, 4) is 11.8 Å². The Bertz CT molecular complexity index is 578. The Hall–Kier alpha value is -2.15. The van der Waals surface area contributed by atoms with Gasteiger partial charge < -0.3 is 0 Å². The molecule has 4 heteroatoms. The van der Waals surface area contributed by atoms with Crippen molar-refractivity contribution in [2.75, 3.05) is 0 Å². The topological polar surface area (TPSA) is 41.6 Å². The Morgan fingerprint density at radius 2 is 2.06 bits per heavy atom. The monoisotopic (exact) mass is 215 g/mol. The Morgan fingerprint density at radius 1 is 1.31 bits per heavy atom. The molecule has 0 unspecified atom stereocenters. The molecule has 80 valence electrons. The average molecular weight is 215 g/mol. The van der Waals surface area contributed by atoms with Crippen LogP contribution in [0.3, 0.4) is 0 Å². The van der Waals surface area contributed by atoms with E-state index in [0.717, 1.165) is 11.4 Å². The fourth-order valence-corrected chi connectivity index (χ4v) is 1.66. The molecule has 0 saturated carbocycles. The number of nitrogens with zero attached hydrogens (tertiary/aromatic N) is 3. The zero-order chi connectivity index (χ0) is 11.7. The third-order valence-electron chi connectivity index (χ3n) is 2.32. The predicted octanol–water partition coefficient (Wildman–Crippen LogP) is 2.50. The van der Waals surface area contributed by atoms with Crippen LogP contribution in [0.15, 0.2) is 24.3 Å². The standard InChI is InChI=1S/C12H10FN3/c1-8-5-9(2)16(15-8)12-4-3-11(13)6-10(12)7-14/h3-6H,1-2H3. The minimum absolute atomic E-state index is 0.284. The number of aromatic nitrogens is 2. The maximum Gasteiger partial charge on any atom is 0.124 e. The van der Waals surface area contributed by atoms with Crippen molar-refractivity contribution in [2.45, 2.75) is 13.8 Å². The Labute approximate surface area is 92.7 Å². The van der Waals surface area contributed by atoms with Gasteiger partial charge in [0.25, 0.3) is 0 Å². The molecule has 1 heterocycles. The van der Waals surface area contributed by atoms with E-state index in [9.17, 15) is 4.39 Å². The van der Waals surface area contributed by atoms with Gasteiger partial charge in [0.1, 0.15) is 11.9 Å². The van der Waals surface area contributed by atoms with Crippen molar-refractivity contribution in [3.63, 3.8) is 0 Å². The van der Waals surface area contributed by atoms with E-state index in [1.54, 1.807) is 10.7 Å². The molecule has 0 aliphatic heterocycles. The van der Waals surface area contributed by atoms with Crippen molar-refractivity contribution in [1.82, 2.24) is 9.78 Å². The maximum atomic E-state index is 13.0. The lowest BCUT2D eigenvalue weighted by Crippen LogP contribution is -2.02. The molecule has 0 amide bonds. The fraction of sp³-hybridized carbons (Fsp3) is 0.167. The van der Waals surface area contributed by atoms with Crippen LogP contribution in [-0.4, -0.2) is 9.78 Å². The molecule has 0 aliphatic carbocycles. The van der Waals surface area contributed by atoms with Gasteiger partial charge in [-0.25, -0.2) is 9.07 Å². The van der Waals surface area contributed by atoms with E-state index in [-0.39, 0.29) is 5.56 Å². The van der Waals surface area contributed by atoms with Crippen molar-refractivity contribution in [1.29, 1.82) is 5.26 Å². The van der Waals surface area contributed by atoms with Crippen LogP contribution in [0.4, 0.5) is 4.39 Å². The van der Waals surface area contributed by atoms with E-state index in [2.05, 4.69) is 5.10 Å². The van der Waals surface area contributed by atoms with E-state index >= 15 is 0 Å². The Morgan fingerprint density at radius 3 is 2.62 bits per heavy atom. The lowest BCUT2D eigenvalue weighted by Gasteiger charge is -2.06. The number of hydrogen-bond donors (Lipinski definition) is 0. The average Bonchev–Trinajstić information content (AvgIpc) is 2.57. The summed E-state index contributed by atoms with van der Waals surface area (Å²) in [5.41, 5.74) is 2.67. The van der Waals surface area contributed by atoms with Gasteiger partial charge in [0.15, 0.2) is 0 Å². The van der Waals surface area contributed by atoms with Gasteiger partial charge in [0, 0.05) is 5.69 Å². The number of aryl methyl sites for hydroxylation is 2. The largest absolute Gasteiger partial charge is 0.237 e. The molecule has 0 saturated heterocycles. The smallest absolute Gasteiger partial charge is 0.124 e. The highest BCUT2D eigenvalue weighted by molar-refractivity contribution is 5.49. The molecule has 0 bridgehead atoms. The normalized spacial score (nSPS) is 10.1. The van der Waals surface area contributed by atoms with Gasteiger partial charge in [-0.3, -0.25) is 0 Å². The van der Waals surface area contributed by atoms with Gasteiger partial charge >= 0.3 is 0 Å². The van der Waals surface area contributed by atoms with Crippen LogP contribution < -0.4 is 0 Å². The third kappa shape index (κ3) is 1.68. The van der Waals surface area contributed by atoms with Crippen molar-refractivity contribution in [3.05, 3.63) is 47.0 Å². The second-order valence-corrected chi connectivity index (χ2v) is 3.61. The summed E-state index contributed by atoms with van der Waals surface area (Å²) in [6.07, 6.45) is 0. The van der Waals surface area contributed by atoms with Crippen molar-refractivity contribution in [2.24, 2.45) is 0 Å². The number of halogens is 1. The SMILES string of the molecule is Cc1cc(C)n(-c2ccc(F)cc2C#N)n1. The molecule has 16 heavy (non-hydrogen) atoms. The van der Waals surface area contributed by atoms with E-state index in [0.29, 0.717) is 5.69 Å². The fourth-order valence-electron chi connectivity index (χ4n) is 1.66. The molecule has 0 aliphatic rings. The van der Waals surface area contributed by atoms with Gasteiger partial charge in [-0.2, -0.15) is 10.4 Å². The molecule has 3 nitrogen and oxygen atoms in total. The van der Waals surface area contributed by atoms with Crippen LogP contribution in [0.2, 0.25) is 0 Å². The minimum atomic E-state index is -0.415. The first-order valence-corrected chi connectivity index (χ1v) is 4.85. The van der Waals surface area contributed by atoms with Crippen LogP contribution >= 0.6 is 0 Å². The highest BCUT2D eigenvalue weighted by atomic mass is 19.1. The summed E-state index contributed by atoms with van der Waals surface area (Å²) in [5.74, 6) is -0.415. The second-order valence-electron chi connectivity index (χ2n) is 3.61. The number of nitriles is 1. The van der Waals surface area contributed by atoms with Gasteiger partial charge in [-0.15, -0.1) is 0 Å². The highest BCUT2D eigenvalue weighted by Crippen LogP contribution is 2.17. The summed E-state index contributed by atoms with van der Waals surface area (Å²) in [6, 6.07) is 7.98. The van der Waals surface area contributed by atoms with E-state index in [1.807, 2.05) is 26.0 Å². The van der Waals surface area contributed by atoms with E-state index < -0.39 is 5.82 Å². The lowest BCUT2D eigenvalue weighted by atomic mass is 10.2. The first-order valence-electron chi connectivity index (χ1n) is 4.85. The first-order chi connectivity index (χ1) is 7.61. The molecule has 0 radical (unpaired) electrons. The summed E-state index contributed by atoms with van der Waals surface area (Å²) in [5, 5.41) is 13.2. The first kappa shape index (κ1) is 10.4. The predicted molar refractivity (Wildman–Crippen MR) is 57.7 cm³/mol.